The van der Waals surface area contributed by atoms with E-state index in [0.717, 1.165) is 0 Å². The van der Waals surface area contributed by atoms with Gasteiger partial charge in [0.05, 0.1) is 10.6 Å². The molecule has 0 atom stereocenters. The zero-order valence-electron chi connectivity index (χ0n) is 13.7. The van der Waals surface area contributed by atoms with Gasteiger partial charge >= 0.3 is 0 Å². The minimum atomic E-state index is -0.830. The van der Waals surface area contributed by atoms with Gasteiger partial charge in [0.15, 0.2) is 0 Å². The number of hydrogen-bond donors (Lipinski definition) is 2. The minimum absolute atomic E-state index is 0.0335. The van der Waals surface area contributed by atoms with Gasteiger partial charge < -0.3 is 9.94 Å². The first-order valence-electron chi connectivity index (χ1n) is 7.61. The highest BCUT2D eigenvalue weighted by Gasteiger charge is 2.36. The number of non-ortho nitro benzene ring substituents is 1. The Kier molecular flexibility index (Phi) is 4.15. The summed E-state index contributed by atoms with van der Waals surface area (Å²) in [5.74, 6) is 0.433. The van der Waals surface area contributed by atoms with E-state index >= 15 is 0 Å². The number of ether oxygens (including phenoxy) is 1. The van der Waals surface area contributed by atoms with Crippen molar-refractivity contribution < 1.29 is 14.9 Å². The smallest absolute Gasteiger partial charge is 0.270 e. The molecule has 0 bridgehead atoms. The number of pyridine rings is 1. The number of benzene rings is 1. The number of hydroxylamine groups is 1. The minimum Gasteiger partial charge on any atom is -0.483 e. The third-order valence-corrected chi connectivity index (χ3v) is 4.13. The summed E-state index contributed by atoms with van der Waals surface area (Å²) in [5.41, 5.74) is 2.34. The molecule has 3 rings (SSSR count). The molecule has 0 aliphatic carbocycles. The monoisotopic (exact) mass is 343 g/mol. The second kappa shape index (κ2) is 6.15. The average Bonchev–Trinajstić information content (AvgIpc) is 2.56. The van der Waals surface area contributed by atoms with Gasteiger partial charge in [0.25, 0.3) is 11.2 Å². The maximum absolute atomic E-state index is 12.4. The summed E-state index contributed by atoms with van der Waals surface area (Å²) in [7, 11) is 0. The highest BCUT2D eigenvalue weighted by Crippen LogP contribution is 2.42. The van der Waals surface area contributed by atoms with Crippen LogP contribution in [0.1, 0.15) is 19.4 Å². The number of hydrogen-bond acceptors (Lipinski definition) is 6. The molecule has 1 aromatic heterocycles. The number of nitrogens with zero attached hydrogens (tertiary/aromatic N) is 2. The summed E-state index contributed by atoms with van der Waals surface area (Å²) in [5, 5.41) is 20.4. The Morgan fingerprint density at radius 2 is 2.08 bits per heavy atom. The van der Waals surface area contributed by atoms with E-state index in [4.69, 9.17) is 4.74 Å². The third-order valence-electron chi connectivity index (χ3n) is 4.13. The molecule has 8 heteroatoms. The van der Waals surface area contributed by atoms with Crippen LogP contribution in [0, 0.1) is 10.1 Å². The van der Waals surface area contributed by atoms with Crippen LogP contribution >= 0.6 is 0 Å². The maximum Gasteiger partial charge on any atom is 0.270 e. The van der Waals surface area contributed by atoms with Gasteiger partial charge in [-0.05, 0) is 26.0 Å². The van der Waals surface area contributed by atoms with Crippen LogP contribution in [0.2, 0.25) is 0 Å². The second-order valence-corrected chi connectivity index (χ2v) is 6.12. The molecular formula is C17H17N3O5. The SMILES string of the molecule is CC1(C)Oc2ccc([N+](=O)[O-])cc2C(n2ccccc2=O)=C1CNO. The average molecular weight is 343 g/mol. The van der Waals surface area contributed by atoms with Crippen LogP contribution in [0.25, 0.3) is 5.70 Å². The molecule has 0 amide bonds. The molecule has 2 heterocycles. The van der Waals surface area contributed by atoms with E-state index in [1.807, 2.05) is 0 Å². The van der Waals surface area contributed by atoms with Crippen molar-refractivity contribution in [2.75, 3.05) is 6.54 Å². The molecule has 2 N–H and O–H groups in total. The van der Waals surface area contributed by atoms with Crippen molar-refractivity contribution in [3.63, 3.8) is 0 Å². The van der Waals surface area contributed by atoms with Crippen LogP contribution in [0.15, 0.2) is 53.0 Å². The molecular weight excluding hydrogens is 326 g/mol. The van der Waals surface area contributed by atoms with Crippen LogP contribution in [0.3, 0.4) is 0 Å². The van der Waals surface area contributed by atoms with Gasteiger partial charge in [0, 0.05) is 42.1 Å². The molecule has 1 aliphatic rings. The van der Waals surface area contributed by atoms with Crippen molar-refractivity contribution in [1.82, 2.24) is 10.0 Å². The topological polar surface area (TPSA) is 107 Å². The Balaban J connectivity index is 2.38. The molecule has 1 aromatic carbocycles. The summed E-state index contributed by atoms with van der Waals surface area (Å²) in [6.45, 7) is 3.64. The fourth-order valence-corrected chi connectivity index (χ4v) is 2.95. The van der Waals surface area contributed by atoms with Gasteiger partial charge in [-0.3, -0.25) is 19.5 Å². The molecule has 25 heavy (non-hydrogen) atoms. The summed E-state index contributed by atoms with van der Waals surface area (Å²) in [6, 6.07) is 8.95. The van der Waals surface area contributed by atoms with E-state index in [0.29, 0.717) is 22.6 Å². The van der Waals surface area contributed by atoms with Crippen molar-refractivity contribution in [1.29, 1.82) is 0 Å². The highest BCUT2D eigenvalue weighted by atomic mass is 16.6. The lowest BCUT2D eigenvalue weighted by atomic mass is 9.89. The predicted molar refractivity (Wildman–Crippen MR) is 90.6 cm³/mol. The van der Waals surface area contributed by atoms with Gasteiger partial charge in [0.1, 0.15) is 11.4 Å². The Morgan fingerprint density at radius 1 is 1.32 bits per heavy atom. The number of nitro groups is 1. The van der Waals surface area contributed by atoms with Crippen LogP contribution < -0.4 is 15.8 Å². The van der Waals surface area contributed by atoms with E-state index < -0.39 is 10.5 Å². The van der Waals surface area contributed by atoms with Crippen LogP contribution in [0.5, 0.6) is 5.75 Å². The van der Waals surface area contributed by atoms with Gasteiger partial charge in [0.2, 0.25) is 0 Å². The third kappa shape index (κ3) is 2.92. The molecule has 0 saturated carbocycles. The molecule has 1 aliphatic heterocycles. The fourth-order valence-electron chi connectivity index (χ4n) is 2.95. The quantitative estimate of drug-likeness (QED) is 0.651. The van der Waals surface area contributed by atoms with Gasteiger partial charge in [-0.1, -0.05) is 6.07 Å². The van der Waals surface area contributed by atoms with Crippen molar-refractivity contribution >= 4 is 11.4 Å². The number of aromatic nitrogens is 1. The van der Waals surface area contributed by atoms with Gasteiger partial charge in [-0.15, -0.1) is 0 Å². The van der Waals surface area contributed by atoms with E-state index in [2.05, 4.69) is 5.48 Å². The molecule has 0 spiro atoms. The van der Waals surface area contributed by atoms with Crippen molar-refractivity contribution in [2.45, 2.75) is 19.4 Å². The first kappa shape index (κ1) is 16.9. The lowest BCUT2D eigenvalue weighted by molar-refractivity contribution is -0.384. The number of nitro benzene ring substituents is 1. The van der Waals surface area contributed by atoms with E-state index in [9.17, 15) is 20.1 Å². The zero-order chi connectivity index (χ0) is 18.2. The molecule has 0 saturated heterocycles. The Hall–Kier alpha value is -2.97. The van der Waals surface area contributed by atoms with Gasteiger partial charge in [-0.2, -0.15) is 0 Å². The molecule has 2 aromatic rings. The number of rotatable bonds is 4. The molecule has 0 radical (unpaired) electrons. The van der Waals surface area contributed by atoms with E-state index in [1.165, 1.54) is 28.8 Å². The molecule has 130 valence electrons. The summed E-state index contributed by atoms with van der Waals surface area (Å²) < 4.78 is 7.37. The standard InChI is InChI=1S/C17H17N3O5/c1-17(2)13(10-18-22)16(19-8-4-3-5-15(19)21)12-9-11(20(23)24)6-7-14(12)25-17/h3-9,18,22H,10H2,1-2H3. The first-order valence-corrected chi connectivity index (χ1v) is 7.61. The van der Waals surface area contributed by atoms with E-state index in [-0.39, 0.29) is 17.8 Å². The van der Waals surface area contributed by atoms with Crippen LogP contribution in [-0.2, 0) is 0 Å². The van der Waals surface area contributed by atoms with Crippen LogP contribution in [0.4, 0.5) is 5.69 Å². The molecule has 8 nitrogen and oxygen atoms in total. The van der Waals surface area contributed by atoms with Crippen molar-refractivity contribution in [3.8, 4) is 5.75 Å². The highest BCUT2D eigenvalue weighted by molar-refractivity contribution is 5.78. The Bertz CT molecular complexity index is 930. The van der Waals surface area contributed by atoms with Crippen molar-refractivity contribution in [3.05, 3.63) is 74.2 Å². The summed E-state index contributed by atoms with van der Waals surface area (Å²) >= 11 is 0. The zero-order valence-corrected chi connectivity index (χ0v) is 13.7. The van der Waals surface area contributed by atoms with Crippen LogP contribution in [-0.4, -0.2) is 26.8 Å². The normalized spacial score (nSPS) is 15.5. The maximum atomic E-state index is 12.4. The molecule has 0 unspecified atom stereocenters. The number of fused-ring (bicyclic) bond motifs is 1. The fraction of sp³-hybridized carbons (Fsp3) is 0.235. The lowest BCUT2D eigenvalue weighted by Crippen LogP contribution is -2.40. The first-order chi connectivity index (χ1) is 11.8. The van der Waals surface area contributed by atoms with E-state index in [1.54, 1.807) is 32.2 Å². The Labute approximate surface area is 143 Å². The number of nitrogens with one attached hydrogen (secondary N) is 1. The summed E-state index contributed by atoms with van der Waals surface area (Å²) in [6.07, 6.45) is 1.58. The predicted octanol–water partition coefficient (Wildman–Crippen LogP) is 2.17. The second-order valence-electron chi connectivity index (χ2n) is 6.12. The Morgan fingerprint density at radius 3 is 2.72 bits per heavy atom. The van der Waals surface area contributed by atoms with Gasteiger partial charge in [-0.25, -0.2) is 5.48 Å². The lowest BCUT2D eigenvalue weighted by Gasteiger charge is -2.37. The summed E-state index contributed by atoms with van der Waals surface area (Å²) in [4.78, 5) is 23.0. The van der Waals surface area contributed by atoms with Crippen molar-refractivity contribution in [2.24, 2.45) is 0 Å². The molecule has 0 fully saturated rings. The largest absolute Gasteiger partial charge is 0.483 e.